The SMILES string of the molecule is COCCOCCOCCOCCOCCOCCOCCOCCOCCOCCOCCCN(CCCCCC(=O)On1c(O)ccc1O)C(=O)Cc1c(C)c2ccc(N)cc2oc1=O. The number of aromatic hydroxyl groups is 2. The van der Waals surface area contributed by atoms with Crippen LogP contribution in [0.5, 0.6) is 11.8 Å². The van der Waals surface area contributed by atoms with E-state index in [4.69, 9.17) is 67.1 Å². The third kappa shape index (κ3) is 25.5. The van der Waals surface area contributed by atoms with E-state index >= 15 is 0 Å². The highest BCUT2D eigenvalue weighted by Crippen LogP contribution is 2.23. The molecule has 0 saturated heterocycles. The summed E-state index contributed by atoms with van der Waals surface area (Å²) in [7, 11) is 1.64. The Morgan fingerprint density at radius 2 is 1.03 bits per heavy atom. The number of benzene rings is 1. The summed E-state index contributed by atoms with van der Waals surface area (Å²) in [5, 5.41) is 20.1. The highest BCUT2D eigenvalue weighted by atomic mass is 16.7. The molecule has 4 N–H and O–H groups in total. The van der Waals surface area contributed by atoms with Crippen LogP contribution in [0.4, 0.5) is 5.69 Å². The van der Waals surface area contributed by atoms with Gasteiger partial charge in [-0.1, -0.05) is 6.42 Å². The van der Waals surface area contributed by atoms with E-state index < -0.39 is 23.4 Å². The van der Waals surface area contributed by atoms with Crippen LogP contribution in [0.2, 0.25) is 0 Å². The topological polar surface area (TPSA) is 250 Å². The number of nitrogen functional groups attached to an aromatic ring is 1. The van der Waals surface area contributed by atoms with Crippen LogP contribution in [0, 0.1) is 6.92 Å². The fourth-order valence-electron chi connectivity index (χ4n) is 6.21. The first kappa shape index (κ1) is 56.9. The number of rotatable bonds is 43. The Bertz CT molecular complexity index is 1810. The number of hydrogen-bond donors (Lipinski definition) is 3. The van der Waals surface area contributed by atoms with Crippen molar-refractivity contribution in [1.29, 1.82) is 0 Å². The van der Waals surface area contributed by atoms with Crippen LogP contribution >= 0.6 is 0 Å². The second kappa shape index (κ2) is 36.6. The van der Waals surface area contributed by atoms with Crippen LogP contribution in [0.15, 0.2) is 39.5 Å². The number of fused-ring (bicyclic) bond motifs is 1. The number of anilines is 1. The van der Waals surface area contributed by atoms with E-state index in [0.29, 0.717) is 204 Å². The van der Waals surface area contributed by atoms with Gasteiger partial charge in [-0.15, -0.1) is 4.73 Å². The number of carbonyl (C=O) groups excluding carboxylic acids is 2. The largest absolute Gasteiger partial charge is 0.492 e. The van der Waals surface area contributed by atoms with Crippen molar-refractivity contribution < 1.29 is 81.2 Å². The average Bonchev–Trinajstić information content (AvgIpc) is 3.62. The van der Waals surface area contributed by atoms with Gasteiger partial charge in [0.1, 0.15) is 5.58 Å². The van der Waals surface area contributed by atoms with E-state index in [2.05, 4.69) is 0 Å². The zero-order valence-electron chi connectivity index (χ0n) is 39.3. The number of aryl methyl sites for hydroxylation is 1. The maximum Gasteiger partial charge on any atom is 0.340 e. The molecular formula is C46H73N3O18. The fraction of sp³-hybridized carbons (Fsp3) is 0.674. The summed E-state index contributed by atoms with van der Waals surface area (Å²) in [5.41, 5.74) is 7.05. The van der Waals surface area contributed by atoms with Crippen LogP contribution in [0.25, 0.3) is 11.0 Å². The minimum Gasteiger partial charge on any atom is -0.492 e. The van der Waals surface area contributed by atoms with Gasteiger partial charge in [-0.2, -0.15) is 0 Å². The third-order valence-electron chi connectivity index (χ3n) is 9.79. The van der Waals surface area contributed by atoms with Crippen molar-refractivity contribution in [3.05, 3.63) is 51.9 Å². The first-order valence-electron chi connectivity index (χ1n) is 22.9. The van der Waals surface area contributed by atoms with Crippen molar-refractivity contribution >= 4 is 28.5 Å². The van der Waals surface area contributed by atoms with E-state index in [1.807, 2.05) is 0 Å². The lowest BCUT2D eigenvalue weighted by Crippen LogP contribution is -2.36. The lowest BCUT2D eigenvalue weighted by molar-refractivity contribution is -0.145. The van der Waals surface area contributed by atoms with Gasteiger partial charge in [0.15, 0.2) is 0 Å². The third-order valence-corrected chi connectivity index (χ3v) is 9.79. The van der Waals surface area contributed by atoms with Crippen molar-refractivity contribution in [3.8, 4) is 11.8 Å². The fourth-order valence-corrected chi connectivity index (χ4v) is 6.21. The predicted octanol–water partition coefficient (Wildman–Crippen LogP) is 2.69. The Labute approximate surface area is 392 Å². The molecular weight excluding hydrogens is 883 g/mol. The minimum atomic E-state index is -0.627. The van der Waals surface area contributed by atoms with E-state index in [1.165, 1.54) is 12.1 Å². The van der Waals surface area contributed by atoms with Crippen molar-refractivity contribution in [2.45, 2.75) is 45.4 Å². The summed E-state index contributed by atoms with van der Waals surface area (Å²) in [6, 6.07) is 7.47. The van der Waals surface area contributed by atoms with Gasteiger partial charge in [-0.3, -0.25) is 4.79 Å². The number of amides is 1. The molecule has 2 heterocycles. The zero-order chi connectivity index (χ0) is 48.2. The number of unbranched alkanes of at least 4 members (excludes halogenated alkanes) is 2. The van der Waals surface area contributed by atoms with Crippen LogP contribution in [0.3, 0.4) is 0 Å². The molecule has 0 bridgehead atoms. The molecule has 2 aromatic heterocycles. The number of methoxy groups -OCH3 is 1. The molecule has 3 rings (SSSR count). The molecule has 1 aromatic carbocycles. The van der Waals surface area contributed by atoms with E-state index in [-0.39, 0.29) is 24.3 Å². The number of carbonyl (C=O) groups is 2. The van der Waals surface area contributed by atoms with Crippen LogP contribution in [-0.2, 0) is 68.1 Å². The van der Waals surface area contributed by atoms with Gasteiger partial charge in [0.25, 0.3) is 0 Å². The molecule has 67 heavy (non-hydrogen) atoms. The summed E-state index contributed by atoms with van der Waals surface area (Å²) in [6.07, 6.45) is 2.09. The second-order valence-electron chi connectivity index (χ2n) is 14.9. The molecule has 3 aromatic rings. The van der Waals surface area contributed by atoms with Gasteiger partial charge >= 0.3 is 11.6 Å². The van der Waals surface area contributed by atoms with Crippen LogP contribution < -0.4 is 16.2 Å². The molecule has 0 atom stereocenters. The van der Waals surface area contributed by atoms with Gasteiger partial charge < -0.3 is 82.2 Å². The van der Waals surface area contributed by atoms with E-state index in [0.717, 1.165) is 0 Å². The number of nitrogens with zero attached hydrogens (tertiary/aromatic N) is 2. The summed E-state index contributed by atoms with van der Waals surface area (Å²) < 4.78 is 66.1. The molecule has 0 fully saturated rings. The predicted molar refractivity (Wildman–Crippen MR) is 244 cm³/mol. The highest BCUT2D eigenvalue weighted by Gasteiger charge is 2.20. The highest BCUT2D eigenvalue weighted by molar-refractivity contribution is 5.86. The van der Waals surface area contributed by atoms with Crippen molar-refractivity contribution in [1.82, 2.24) is 9.63 Å². The zero-order valence-corrected chi connectivity index (χ0v) is 39.3. The summed E-state index contributed by atoms with van der Waals surface area (Å²) in [5.74, 6) is -1.66. The molecule has 380 valence electrons. The Balaban J connectivity index is 1.16. The molecule has 21 heteroatoms. The lowest BCUT2D eigenvalue weighted by Gasteiger charge is -2.23. The number of aromatic nitrogens is 1. The minimum absolute atomic E-state index is 0.0421. The van der Waals surface area contributed by atoms with Gasteiger partial charge in [-0.25, -0.2) is 9.59 Å². The molecule has 1 amide bonds. The molecule has 0 aliphatic heterocycles. The first-order chi connectivity index (χ1) is 32.7. The number of ether oxygens (including phenoxy) is 11. The molecule has 0 spiro atoms. The van der Waals surface area contributed by atoms with E-state index in [1.54, 1.807) is 37.1 Å². The quantitative estimate of drug-likeness (QED) is 0.0419. The molecule has 21 nitrogen and oxygen atoms in total. The Hall–Kier alpha value is -4.39. The summed E-state index contributed by atoms with van der Waals surface area (Å²) >= 11 is 0. The Kier molecular flexibility index (Phi) is 31.1. The van der Waals surface area contributed by atoms with E-state index in [9.17, 15) is 24.6 Å². The molecule has 0 aliphatic rings. The Morgan fingerprint density at radius 3 is 1.49 bits per heavy atom. The molecule has 0 aliphatic carbocycles. The Morgan fingerprint density at radius 1 is 0.597 bits per heavy atom. The molecule has 0 saturated carbocycles. The number of nitrogens with two attached hydrogens (primary N) is 1. The second-order valence-corrected chi connectivity index (χ2v) is 14.9. The van der Waals surface area contributed by atoms with Crippen molar-refractivity contribution in [2.75, 3.05) is 165 Å². The van der Waals surface area contributed by atoms with Crippen molar-refractivity contribution in [3.63, 3.8) is 0 Å². The maximum atomic E-state index is 13.6. The molecule has 0 radical (unpaired) electrons. The monoisotopic (exact) mass is 955 g/mol. The number of hydrogen-bond acceptors (Lipinski definition) is 19. The molecule has 0 unspecified atom stereocenters. The average molecular weight is 956 g/mol. The van der Waals surface area contributed by atoms with Gasteiger partial charge in [-0.05, 0) is 43.9 Å². The van der Waals surface area contributed by atoms with Crippen LogP contribution in [0.1, 0.15) is 43.2 Å². The van der Waals surface area contributed by atoms with Crippen molar-refractivity contribution in [2.24, 2.45) is 0 Å². The van der Waals surface area contributed by atoms with Gasteiger partial charge in [0.2, 0.25) is 17.7 Å². The maximum absolute atomic E-state index is 13.6. The lowest BCUT2D eigenvalue weighted by atomic mass is 10.0. The van der Waals surface area contributed by atoms with Crippen LogP contribution in [-0.4, -0.2) is 191 Å². The summed E-state index contributed by atoms with van der Waals surface area (Å²) in [4.78, 5) is 45.5. The smallest absolute Gasteiger partial charge is 0.340 e. The van der Waals surface area contributed by atoms with Gasteiger partial charge in [0, 0.05) is 62.5 Å². The first-order valence-corrected chi connectivity index (χ1v) is 22.9. The normalized spacial score (nSPS) is 11.5. The standard InChI is InChI=1S/C46H73N3O18/c1-37-39-9-8-38(47)35-41(39)66-46(54)40(37)36-44(52)48(12-5-3-4-7-45(53)67-49-42(50)10-11-43(49)51)13-6-14-56-17-18-58-21-22-60-25-26-62-29-30-64-33-34-65-32-31-63-28-27-61-24-23-59-20-19-57-16-15-55-2/h8-11,35,50-51H,3-7,12-34,36,47H2,1-2H3. The summed E-state index contributed by atoms with van der Waals surface area (Å²) in [6.45, 7) is 12.4. The van der Waals surface area contributed by atoms with Gasteiger partial charge in [0.05, 0.1) is 144 Å².